The van der Waals surface area contributed by atoms with Crippen molar-refractivity contribution in [2.75, 3.05) is 11.9 Å². The number of para-hydroxylation sites is 1. The van der Waals surface area contributed by atoms with Gasteiger partial charge in [0.15, 0.2) is 11.6 Å². The molecule has 0 radical (unpaired) electrons. The number of fused-ring (bicyclic) bond motifs is 1. The summed E-state index contributed by atoms with van der Waals surface area (Å²) in [5.41, 5.74) is 3.36. The van der Waals surface area contributed by atoms with Gasteiger partial charge in [0.2, 0.25) is 5.91 Å². The number of amides is 1. The van der Waals surface area contributed by atoms with Gasteiger partial charge in [-0.2, -0.15) is 9.78 Å². The van der Waals surface area contributed by atoms with Crippen LogP contribution in [-0.4, -0.2) is 38.2 Å². The summed E-state index contributed by atoms with van der Waals surface area (Å²) in [6.45, 7) is 5.75. The summed E-state index contributed by atoms with van der Waals surface area (Å²) in [6, 6.07) is 13.5. The van der Waals surface area contributed by atoms with E-state index in [9.17, 15) is 19.7 Å². The van der Waals surface area contributed by atoms with Crippen molar-refractivity contribution in [3.05, 3.63) is 93.2 Å². The van der Waals surface area contributed by atoms with Crippen LogP contribution in [0.2, 0.25) is 0 Å². The molecular formula is C26H23N5O5. The molecule has 36 heavy (non-hydrogen) atoms. The van der Waals surface area contributed by atoms with Crippen molar-refractivity contribution in [1.29, 1.82) is 0 Å². The highest BCUT2D eigenvalue weighted by molar-refractivity contribution is 6.06. The summed E-state index contributed by atoms with van der Waals surface area (Å²) >= 11 is 0. The molecule has 4 rings (SSSR count). The van der Waals surface area contributed by atoms with Crippen molar-refractivity contribution in [3.8, 4) is 5.82 Å². The number of aryl methyl sites for hydroxylation is 2. The van der Waals surface area contributed by atoms with E-state index >= 15 is 0 Å². The fourth-order valence-corrected chi connectivity index (χ4v) is 3.69. The van der Waals surface area contributed by atoms with Crippen LogP contribution in [0.3, 0.4) is 0 Å². The van der Waals surface area contributed by atoms with Crippen LogP contribution in [0.4, 0.5) is 11.5 Å². The molecule has 0 aliphatic carbocycles. The first-order chi connectivity index (χ1) is 17.3. The van der Waals surface area contributed by atoms with Crippen molar-refractivity contribution in [2.45, 2.75) is 20.8 Å². The van der Waals surface area contributed by atoms with Gasteiger partial charge in [0.05, 0.1) is 23.2 Å². The number of hydrogen-bond donors (Lipinski definition) is 1. The molecule has 0 unspecified atom stereocenters. The van der Waals surface area contributed by atoms with E-state index < -0.39 is 16.8 Å². The Morgan fingerprint density at radius 1 is 1.14 bits per heavy atom. The molecule has 2 heterocycles. The lowest BCUT2D eigenvalue weighted by atomic mass is 10.1. The van der Waals surface area contributed by atoms with Gasteiger partial charge in [-0.05, 0) is 61.7 Å². The zero-order valence-corrected chi connectivity index (χ0v) is 19.9. The van der Waals surface area contributed by atoms with E-state index in [0.29, 0.717) is 11.4 Å². The molecule has 1 N–H and O–H groups in total. The van der Waals surface area contributed by atoms with Crippen molar-refractivity contribution in [3.63, 3.8) is 0 Å². The molecule has 0 atom stereocenters. The summed E-state index contributed by atoms with van der Waals surface area (Å²) in [5, 5.41) is 18.8. The fraction of sp³-hybridized carbons (Fsp3) is 0.154. The van der Waals surface area contributed by atoms with Gasteiger partial charge in [0.1, 0.15) is 5.56 Å². The number of hydrogen-bond acceptors (Lipinski definition) is 7. The number of esters is 1. The number of nitro benzene ring substituents is 1. The second kappa shape index (κ2) is 10.2. The van der Waals surface area contributed by atoms with Gasteiger partial charge in [-0.15, -0.1) is 0 Å². The number of anilines is 1. The lowest BCUT2D eigenvalue weighted by molar-refractivity contribution is -0.384. The number of non-ortho nitro benzene ring substituents is 1. The predicted octanol–water partition coefficient (Wildman–Crippen LogP) is 4.77. The van der Waals surface area contributed by atoms with Gasteiger partial charge < -0.3 is 10.1 Å². The number of nitrogens with zero attached hydrogens (tertiary/aromatic N) is 4. The molecule has 182 valence electrons. The zero-order valence-electron chi connectivity index (χ0n) is 19.9. The first kappa shape index (κ1) is 24.3. The number of ether oxygens (including phenoxy) is 1. The van der Waals surface area contributed by atoms with E-state index in [2.05, 4.69) is 10.4 Å². The van der Waals surface area contributed by atoms with Gasteiger partial charge in [0.25, 0.3) is 5.69 Å². The predicted molar refractivity (Wildman–Crippen MR) is 135 cm³/mol. The molecule has 10 heteroatoms. The highest BCUT2D eigenvalue weighted by Gasteiger charge is 2.22. The SMILES string of the molecule is CCOC(=O)c1cnn(-c2cc(C)c3cccc(C)c3n2)c1NC(=O)/C=C/c1ccc([N+](=O)[O-])cc1. The summed E-state index contributed by atoms with van der Waals surface area (Å²) in [7, 11) is 0. The smallest absolute Gasteiger partial charge is 0.343 e. The van der Waals surface area contributed by atoms with Crippen molar-refractivity contribution in [2.24, 2.45) is 0 Å². The molecule has 1 amide bonds. The van der Waals surface area contributed by atoms with E-state index in [1.165, 1.54) is 47.3 Å². The van der Waals surface area contributed by atoms with Gasteiger partial charge in [-0.1, -0.05) is 18.2 Å². The van der Waals surface area contributed by atoms with E-state index in [1.807, 2.05) is 38.1 Å². The van der Waals surface area contributed by atoms with Gasteiger partial charge in [-0.3, -0.25) is 14.9 Å². The Hall–Kier alpha value is -4.86. The fourth-order valence-electron chi connectivity index (χ4n) is 3.69. The normalized spacial score (nSPS) is 11.1. The zero-order chi connectivity index (χ0) is 25.8. The van der Waals surface area contributed by atoms with E-state index in [-0.39, 0.29) is 23.7 Å². The minimum absolute atomic E-state index is 0.0482. The third-order valence-corrected chi connectivity index (χ3v) is 5.49. The molecule has 0 aliphatic heterocycles. The largest absolute Gasteiger partial charge is 0.462 e. The number of carbonyl (C=O) groups excluding carboxylic acids is 2. The van der Waals surface area contributed by atoms with Gasteiger partial charge >= 0.3 is 5.97 Å². The van der Waals surface area contributed by atoms with Crippen LogP contribution in [0.15, 0.2) is 60.8 Å². The third-order valence-electron chi connectivity index (χ3n) is 5.49. The van der Waals surface area contributed by atoms with Crippen LogP contribution in [-0.2, 0) is 9.53 Å². The number of carbonyl (C=O) groups is 2. The molecule has 0 saturated carbocycles. The number of pyridine rings is 1. The van der Waals surface area contributed by atoms with Crippen molar-refractivity contribution in [1.82, 2.24) is 14.8 Å². The lowest BCUT2D eigenvalue weighted by Gasteiger charge is -2.12. The molecule has 2 aromatic heterocycles. The van der Waals surface area contributed by atoms with E-state index in [0.717, 1.165) is 22.0 Å². The average Bonchev–Trinajstić information content (AvgIpc) is 3.27. The Labute approximate surface area is 206 Å². The average molecular weight is 486 g/mol. The molecule has 0 spiro atoms. The number of nitro groups is 1. The van der Waals surface area contributed by atoms with Crippen LogP contribution >= 0.6 is 0 Å². The second-order valence-electron chi connectivity index (χ2n) is 7.98. The van der Waals surface area contributed by atoms with Crippen LogP contribution in [0.1, 0.15) is 34.0 Å². The van der Waals surface area contributed by atoms with E-state index in [4.69, 9.17) is 9.72 Å². The summed E-state index contributed by atoms with van der Waals surface area (Å²) in [5.74, 6) is -0.618. The first-order valence-electron chi connectivity index (χ1n) is 11.1. The topological polar surface area (TPSA) is 129 Å². The summed E-state index contributed by atoms with van der Waals surface area (Å²) < 4.78 is 6.53. The van der Waals surface area contributed by atoms with Crippen LogP contribution < -0.4 is 5.32 Å². The lowest BCUT2D eigenvalue weighted by Crippen LogP contribution is -2.16. The standard InChI is InChI=1S/C26H23N5O5/c1-4-36-26(33)21-15-27-30(22-14-17(3)20-7-5-6-16(2)24(20)28-22)25(21)29-23(32)13-10-18-8-11-19(12-9-18)31(34)35/h5-15H,4H2,1-3H3,(H,29,32)/b13-10+. The Bertz CT molecular complexity index is 1510. The van der Waals surface area contributed by atoms with Crippen LogP contribution in [0.5, 0.6) is 0 Å². The maximum absolute atomic E-state index is 12.8. The summed E-state index contributed by atoms with van der Waals surface area (Å²) in [4.78, 5) is 40.4. The maximum Gasteiger partial charge on any atom is 0.343 e. The molecule has 0 aliphatic rings. The molecule has 0 fully saturated rings. The Balaban J connectivity index is 1.70. The molecule has 10 nitrogen and oxygen atoms in total. The van der Waals surface area contributed by atoms with Gasteiger partial charge in [0, 0.05) is 23.6 Å². The Kier molecular flexibility index (Phi) is 6.86. The van der Waals surface area contributed by atoms with E-state index in [1.54, 1.807) is 6.92 Å². The molecule has 4 aromatic rings. The molecule has 2 aromatic carbocycles. The first-order valence-corrected chi connectivity index (χ1v) is 11.1. The third kappa shape index (κ3) is 4.97. The van der Waals surface area contributed by atoms with Crippen LogP contribution in [0.25, 0.3) is 22.8 Å². The Morgan fingerprint density at radius 2 is 1.89 bits per heavy atom. The highest BCUT2D eigenvalue weighted by Crippen LogP contribution is 2.26. The number of aromatic nitrogens is 3. The molecule has 0 bridgehead atoms. The molecular weight excluding hydrogens is 462 g/mol. The van der Waals surface area contributed by atoms with Crippen LogP contribution in [0, 0.1) is 24.0 Å². The van der Waals surface area contributed by atoms with Gasteiger partial charge in [-0.25, -0.2) is 9.78 Å². The number of nitrogens with one attached hydrogen (secondary N) is 1. The second-order valence-corrected chi connectivity index (χ2v) is 7.98. The monoisotopic (exact) mass is 485 g/mol. The quantitative estimate of drug-likeness (QED) is 0.173. The Morgan fingerprint density at radius 3 is 2.58 bits per heavy atom. The maximum atomic E-state index is 12.8. The molecule has 0 saturated heterocycles. The van der Waals surface area contributed by atoms with Crippen molar-refractivity contribution >= 4 is 40.4 Å². The highest BCUT2D eigenvalue weighted by atomic mass is 16.6. The number of benzene rings is 2. The minimum atomic E-state index is -0.632. The minimum Gasteiger partial charge on any atom is -0.462 e. The number of rotatable bonds is 7. The summed E-state index contributed by atoms with van der Waals surface area (Å²) in [6.07, 6.45) is 4.09. The van der Waals surface area contributed by atoms with Crippen molar-refractivity contribution < 1.29 is 19.2 Å².